The standard InChI is InChI=1S/C30H31NO7/c1-29-13-11-22-21-9-7-20(32)16-19(21)6-8-23(22)24(29)12-15-30(29,38)14-10-17-2-4-18(5-3-17)26(33)31-25(27(34)35)28(36)37/h2-5,7,9,16,22-25,32,38H,6,8,11-13,15H2,1H3,(H,31,33)(H,34,35)(H,36,37)/t22-,23-,24+,29+,30+/m1/s1. The molecule has 5 atom stereocenters. The third-order valence-corrected chi connectivity index (χ3v) is 9.19. The molecule has 3 aliphatic rings. The van der Waals surface area contributed by atoms with E-state index in [0.29, 0.717) is 35.5 Å². The average Bonchev–Trinajstić information content (AvgIpc) is 3.16. The smallest absolute Gasteiger partial charge is 0.338 e. The molecular weight excluding hydrogens is 486 g/mol. The summed E-state index contributed by atoms with van der Waals surface area (Å²) < 4.78 is 0. The van der Waals surface area contributed by atoms with Crippen molar-refractivity contribution in [3.63, 3.8) is 0 Å². The molecule has 0 unspecified atom stereocenters. The molecule has 1 amide bonds. The van der Waals surface area contributed by atoms with Gasteiger partial charge in [-0.3, -0.25) is 4.79 Å². The number of fused-ring (bicyclic) bond motifs is 5. The third-order valence-electron chi connectivity index (χ3n) is 9.19. The second-order valence-electron chi connectivity index (χ2n) is 11.1. The van der Waals surface area contributed by atoms with Gasteiger partial charge in [0.25, 0.3) is 5.91 Å². The van der Waals surface area contributed by atoms with Gasteiger partial charge in [0.05, 0.1) is 0 Å². The van der Waals surface area contributed by atoms with Gasteiger partial charge >= 0.3 is 11.9 Å². The van der Waals surface area contributed by atoms with Crippen LogP contribution in [0.2, 0.25) is 0 Å². The summed E-state index contributed by atoms with van der Waals surface area (Å²) in [6.45, 7) is 2.16. The number of carbonyl (C=O) groups excluding carboxylic acids is 1. The summed E-state index contributed by atoms with van der Waals surface area (Å²) in [7, 11) is 0. The van der Waals surface area contributed by atoms with Crippen LogP contribution in [0.15, 0.2) is 42.5 Å². The van der Waals surface area contributed by atoms with E-state index < -0.39 is 29.5 Å². The first-order valence-electron chi connectivity index (χ1n) is 13.0. The number of carboxylic acids is 2. The van der Waals surface area contributed by atoms with Crippen molar-refractivity contribution in [1.29, 1.82) is 0 Å². The highest BCUT2D eigenvalue weighted by Gasteiger charge is 2.61. The molecule has 0 heterocycles. The van der Waals surface area contributed by atoms with Gasteiger partial charge in [-0.1, -0.05) is 24.8 Å². The van der Waals surface area contributed by atoms with Crippen LogP contribution in [-0.4, -0.2) is 49.9 Å². The van der Waals surface area contributed by atoms with Crippen molar-refractivity contribution < 1.29 is 34.8 Å². The zero-order valence-electron chi connectivity index (χ0n) is 21.1. The molecule has 2 aromatic rings. The highest BCUT2D eigenvalue weighted by atomic mass is 16.4. The molecule has 0 aliphatic heterocycles. The second kappa shape index (κ2) is 9.48. The summed E-state index contributed by atoms with van der Waals surface area (Å²) in [6.07, 6.45) is 5.30. The second-order valence-corrected chi connectivity index (χ2v) is 11.1. The molecule has 5 N–H and O–H groups in total. The van der Waals surface area contributed by atoms with E-state index in [1.165, 1.54) is 23.3 Å². The van der Waals surface area contributed by atoms with E-state index in [1.807, 2.05) is 11.4 Å². The molecule has 0 saturated heterocycles. The number of aliphatic hydroxyl groups is 1. The summed E-state index contributed by atoms with van der Waals surface area (Å²) in [5, 5.41) is 41.6. The van der Waals surface area contributed by atoms with Gasteiger partial charge < -0.3 is 25.7 Å². The number of phenolic OH excluding ortho intramolecular Hbond substituents is 1. The van der Waals surface area contributed by atoms with Crippen molar-refractivity contribution in [2.75, 3.05) is 0 Å². The van der Waals surface area contributed by atoms with Crippen molar-refractivity contribution in [1.82, 2.24) is 5.32 Å². The van der Waals surface area contributed by atoms with E-state index in [0.717, 1.165) is 32.1 Å². The van der Waals surface area contributed by atoms with Crippen molar-refractivity contribution in [3.05, 3.63) is 64.7 Å². The monoisotopic (exact) mass is 517 g/mol. The van der Waals surface area contributed by atoms with Crippen LogP contribution in [0.5, 0.6) is 5.75 Å². The van der Waals surface area contributed by atoms with Crippen LogP contribution in [0.3, 0.4) is 0 Å². The maximum atomic E-state index is 12.3. The number of phenols is 1. The number of aryl methyl sites for hydroxylation is 1. The van der Waals surface area contributed by atoms with Crippen LogP contribution < -0.4 is 5.32 Å². The van der Waals surface area contributed by atoms with Gasteiger partial charge in [0, 0.05) is 16.5 Å². The Hall–Kier alpha value is -3.83. The van der Waals surface area contributed by atoms with Gasteiger partial charge in [0.15, 0.2) is 0 Å². The zero-order chi connectivity index (χ0) is 27.2. The average molecular weight is 518 g/mol. The fraction of sp³-hybridized carbons (Fsp3) is 0.433. The molecule has 0 radical (unpaired) electrons. The Kier molecular flexibility index (Phi) is 6.44. The Morgan fingerprint density at radius 1 is 1.00 bits per heavy atom. The SMILES string of the molecule is C[C@]12CC[C@@H]3c4ccc(O)cc4CC[C@H]3[C@@H]1CC[C@@]2(O)C#Cc1ccc(C(=O)NC(C(=O)O)C(=O)O)cc1. The van der Waals surface area contributed by atoms with E-state index in [-0.39, 0.29) is 11.0 Å². The molecule has 2 aromatic carbocycles. The lowest BCUT2D eigenvalue weighted by atomic mass is 9.53. The van der Waals surface area contributed by atoms with Gasteiger partial charge in [0.1, 0.15) is 11.4 Å². The number of amides is 1. The van der Waals surface area contributed by atoms with E-state index in [4.69, 9.17) is 10.2 Å². The van der Waals surface area contributed by atoms with Crippen LogP contribution in [0.4, 0.5) is 0 Å². The molecule has 0 aromatic heterocycles. The van der Waals surface area contributed by atoms with Gasteiger partial charge in [-0.25, -0.2) is 9.59 Å². The zero-order valence-corrected chi connectivity index (χ0v) is 21.1. The fourth-order valence-corrected chi connectivity index (χ4v) is 7.11. The molecule has 3 aliphatic carbocycles. The molecular formula is C30H31NO7. The number of aliphatic carboxylic acids is 2. The lowest BCUT2D eigenvalue weighted by Crippen LogP contribution is -2.50. The molecule has 38 heavy (non-hydrogen) atoms. The van der Waals surface area contributed by atoms with Gasteiger partial charge in [0.2, 0.25) is 6.04 Å². The summed E-state index contributed by atoms with van der Waals surface area (Å²) in [5.74, 6) is 3.68. The van der Waals surface area contributed by atoms with Crippen LogP contribution in [0.25, 0.3) is 0 Å². The Bertz CT molecular complexity index is 1340. The molecule has 198 valence electrons. The minimum Gasteiger partial charge on any atom is -0.508 e. The predicted molar refractivity (Wildman–Crippen MR) is 138 cm³/mol. The Balaban J connectivity index is 1.32. The Morgan fingerprint density at radius 3 is 2.39 bits per heavy atom. The Labute approximate surface area is 220 Å². The molecule has 0 spiro atoms. The predicted octanol–water partition coefficient (Wildman–Crippen LogP) is 3.30. The summed E-state index contributed by atoms with van der Waals surface area (Å²) in [5.41, 5.74) is 1.81. The van der Waals surface area contributed by atoms with E-state index in [1.54, 1.807) is 18.2 Å². The molecule has 8 nitrogen and oxygen atoms in total. The van der Waals surface area contributed by atoms with Gasteiger partial charge in [-0.2, -0.15) is 0 Å². The minimum atomic E-state index is -2.04. The maximum absolute atomic E-state index is 12.3. The highest BCUT2D eigenvalue weighted by Crippen LogP contribution is 2.64. The largest absolute Gasteiger partial charge is 0.508 e. The summed E-state index contributed by atoms with van der Waals surface area (Å²) in [4.78, 5) is 34.3. The van der Waals surface area contributed by atoms with Gasteiger partial charge in [-0.05, 0) is 104 Å². The lowest BCUT2D eigenvalue weighted by molar-refractivity contribution is -0.150. The number of hydrogen-bond donors (Lipinski definition) is 5. The number of carboxylic acid groups (broad SMARTS) is 2. The molecule has 2 saturated carbocycles. The van der Waals surface area contributed by atoms with Crippen molar-refractivity contribution >= 4 is 17.8 Å². The van der Waals surface area contributed by atoms with Crippen molar-refractivity contribution in [2.24, 2.45) is 17.3 Å². The number of benzene rings is 2. The van der Waals surface area contributed by atoms with Crippen LogP contribution in [0, 0.1) is 29.1 Å². The topological polar surface area (TPSA) is 144 Å². The van der Waals surface area contributed by atoms with Crippen LogP contribution >= 0.6 is 0 Å². The molecule has 5 rings (SSSR count). The third kappa shape index (κ3) is 4.31. The minimum absolute atomic E-state index is 0.110. The number of aromatic hydroxyl groups is 1. The molecule has 2 fully saturated rings. The van der Waals surface area contributed by atoms with Crippen LogP contribution in [-0.2, 0) is 16.0 Å². The first-order chi connectivity index (χ1) is 18.0. The van der Waals surface area contributed by atoms with E-state index in [9.17, 15) is 24.6 Å². The fourth-order valence-electron chi connectivity index (χ4n) is 7.11. The number of nitrogens with one attached hydrogen (secondary N) is 1. The summed E-state index contributed by atoms with van der Waals surface area (Å²) in [6, 6.07) is 9.79. The van der Waals surface area contributed by atoms with Crippen molar-refractivity contribution in [3.8, 4) is 17.6 Å². The quantitative estimate of drug-likeness (QED) is 0.309. The Morgan fingerprint density at radius 2 is 1.71 bits per heavy atom. The van der Waals surface area contributed by atoms with Crippen molar-refractivity contribution in [2.45, 2.75) is 63.0 Å². The maximum Gasteiger partial charge on any atom is 0.338 e. The normalized spacial score (nSPS) is 29.3. The molecule has 8 heteroatoms. The van der Waals surface area contributed by atoms with Gasteiger partial charge in [-0.15, -0.1) is 0 Å². The van der Waals surface area contributed by atoms with Crippen LogP contribution in [0.1, 0.15) is 72.0 Å². The first kappa shape index (κ1) is 25.8. The highest BCUT2D eigenvalue weighted by molar-refractivity contribution is 6.04. The van der Waals surface area contributed by atoms with E-state index >= 15 is 0 Å². The number of carbonyl (C=O) groups is 3. The summed E-state index contributed by atoms with van der Waals surface area (Å²) >= 11 is 0. The lowest BCUT2D eigenvalue weighted by Gasteiger charge is -2.52. The molecule has 0 bridgehead atoms. The number of hydrogen-bond acceptors (Lipinski definition) is 5. The van der Waals surface area contributed by atoms with E-state index in [2.05, 4.69) is 24.8 Å². The first-order valence-corrected chi connectivity index (χ1v) is 13.0. The number of rotatable bonds is 4.